The van der Waals surface area contributed by atoms with Crippen LogP contribution in [0.5, 0.6) is 0 Å². The van der Waals surface area contributed by atoms with Crippen LogP contribution in [0.15, 0.2) is 30.3 Å². The lowest BCUT2D eigenvalue weighted by atomic mass is 10.0. The number of nitrogens with one attached hydrogen (secondary N) is 3. The number of aliphatic carboxylic acids is 2. The number of carboxylic acid groups (broad SMARTS) is 2. The molecule has 0 aromatic heterocycles. The van der Waals surface area contributed by atoms with E-state index in [0.29, 0.717) is 0 Å². The fourth-order valence-corrected chi connectivity index (χ4v) is 2.78. The van der Waals surface area contributed by atoms with Crippen LogP contribution in [-0.4, -0.2) is 64.0 Å². The molecule has 0 saturated heterocycles. The Hall–Kier alpha value is -3.47. The third kappa shape index (κ3) is 8.72. The maximum Gasteiger partial charge on any atom is 0.325 e. The summed E-state index contributed by atoms with van der Waals surface area (Å²) in [5.41, 5.74) is 6.79. The van der Waals surface area contributed by atoms with E-state index in [4.69, 9.17) is 15.9 Å². The topological polar surface area (TPSA) is 188 Å². The van der Waals surface area contributed by atoms with E-state index in [2.05, 4.69) is 16.0 Å². The van der Waals surface area contributed by atoms with E-state index in [1.54, 1.807) is 13.8 Å². The predicted molar refractivity (Wildman–Crippen MR) is 114 cm³/mol. The van der Waals surface area contributed by atoms with Crippen LogP contribution in [0.1, 0.15) is 32.8 Å². The summed E-state index contributed by atoms with van der Waals surface area (Å²) in [5.74, 6) is -5.44. The van der Waals surface area contributed by atoms with Gasteiger partial charge in [-0.2, -0.15) is 0 Å². The quantitative estimate of drug-likeness (QED) is 0.240. The first-order valence-electron chi connectivity index (χ1n) is 10.1. The Kier molecular flexibility index (Phi) is 10.3. The third-order valence-corrected chi connectivity index (χ3v) is 4.62. The van der Waals surface area contributed by atoms with Gasteiger partial charge in [0, 0.05) is 0 Å². The summed E-state index contributed by atoms with van der Waals surface area (Å²) in [6.45, 7) is 4.52. The molecule has 0 spiro atoms. The van der Waals surface area contributed by atoms with Crippen LogP contribution in [0, 0.1) is 5.92 Å². The Morgan fingerprint density at radius 1 is 0.875 bits per heavy atom. The second-order valence-corrected chi connectivity index (χ2v) is 7.75. The van der Waals surface area contributed by atoms with E-state index >= 15 is 0 Å². The van der Waals surface area contributed by atoms with E-state index in [0.717, 1.165) is 5.56 Å². The molecule has 0 heterocycles. The van der Waals surface area contributed by atoms with Crippen LogP contribution >= 0.6 is 0 Å². The maximum atomic E-state index is 12.8. The Balaban J connectivity index is 2.87. The Bertz CT molecular complexity index is 829. The molecule has 4 unspecified atom stereocenters. The van der Waals surface area contributed by atoms with Crippen molar-refractivity contribution in [2.75, 3.05) is 0 Å². The monoisotopic (exact) mass is 450 g/mol. The summed E-state index contributed by atoms with van der Waals surface area (Å²) in [7, 11) is 0. The molecule has 11 nitrogen and oxygen atoms in total. The number of carbonyl (C=O) groups excluding carboxylic acids is 3. The number of hydrogen-bond acceptors (Lipinski definition) is 6. The second kappa shape index (κ2) is 12.4. The highest BCUT2D eigenvalue weighted by atomic mass is 16.4. The minimum Gasteiger partial charge on any atom is -0.481 e. The van der Waals surface area contributed by atoms with Crippen molar-refractivity contribution in [3.05, 3.63) is 35.9 Å². The highest BCUT2D eigenvalue weighted by Gasteiger charge is 2.32. The highest BCUT2D eigenvalue weighted by molar-refractivity contribution is 5.95. The molecule has 0 aliphatic rings. The molecule has 1 rings (SSSR count). The lowest BCUT2D eigenvalue weighted by molar-refractivity contribution is -0.143. The van der Waals surface area contributed by atoms with Gasteiger partial charge in [-0.1, -0.05) is 44.2 Å². The van der Waals surface area contributed by atoms with Crippen LogP contribution in [0.3, 0.4) is 0 Å². The van der Waals surface area contributed by atoms with Gasteiger partial charge in [-0.15, -0.1) is 0 Å². The maximum absolute atomic E-state index is 12.8. The van der Waals surface area contributed by atoms with Crippen molar-refractivity contribution in [1.82, 2.24) is 16.0 Å². The van der Waals surface area contributed by atoms with Gasteiger partial charge in [0.1, 0.15) is 18.1 Å². The molecular formula is C21H30N4O7. The van der Waals surface area contributed by atoms with Gasteiger partial charge in [0.2, 0.25) is 17.7 Å². The van der Waals surface area contributed by atoms with E-state index < -0.39 is 66.2 Å². The number of carbonyl (C=O) groups is 5. The number of benzene rings is 1. The molecular weight excluding hydrogens is 420 g/mol. The molecule has 0 radical (unpaired) electrons. The van der Waals surface area contributed by atoms with E-state index in [1.807, 2.05) is 30.3 Å². The van der Waals surface area contributed by atoms with Crippen molar-refractivity contribution in [1.29, 1.82) is 0 Å². The normalized spacial score (nSPS) is 14.5. The Morgan fingerprint density at radius 3 is 1.97 bits per heavy atom. The number of rotatable bonds is 12. The molecule has 0 fully saturated rings. The fraction of sp³-hybridized carbons (Fsp3) is 0.476. The van der Waals surface area contributed by atoms with Crippen molar-refractivity contribution in [3.63, 3.8) is 0 Å². The number of carboxylic acids is 2. The van der Waals surface area contributed by atoms with Crippen molar-refractivity contribution < 1.29 is 34.2 Å². The fourth-order valence-electron chi connectivity index (χ4n) is 2.78. The third-order valence-electron chi connectivity index (χ3n) is 4.62. The molecule has 7 N–H and O–H groups in total. The average Bonchev–Trinajstić information content (AvgIpc) is 2.71. The van der Waals surface area contributed by atoms with Crippen LogP contribution in [-0.2, 0) is 30.4 Å². The molecule has 0 saturated carbocycles. The first-order valence-corrected chi connectivity index (χ1v) is 10.1. The Morgan fingerprint density at radius 2 is 1.47 bits per heavy atom. The number of nitrogens with two attached hydrogens (primary N) is 1. The molecule has 4 atom stereocenters. The van der Waals surface area contributed by atoms with Crippen LogP contribution in [0.4, 0.5) is 0 Å². The largest absolute Gasteiger partial charge is 0.481 e. The van der Waals surface area contributed by atoms with Crippen molar-refractivity contribution in [2.24, 2.45) is 11.7 Å². The summed E-state index contributed by atoms with van der Waals surface area (Å²) in [5, 5.41) is 24.9. The summed E-state index contributed by atoms with van der Waals surface area (Å²) < 4.78 is 0. The zero-order chi connectivity index (χ0) is 24.4. The first kappa shape index (κ1) is 26.6. The lowest BCUT2D eigenvalue weighted by Gasteiger charge is -2.26. The summed E-state index contributed by atoms with van der Waals surface area (Å²) in [4.78, 5) is 59.6. The molecule has 176 valence electrons. The second-order valence-electron chi connectivity index (χ2n) is 7.75. The van der Waals surface area contributed by atoms with Gasteiger partial charge >= 0.3 is 11.9 Å². The van der Waals surface area contributed by atoms with E-state index in [9.17, 15) is 24.0 Å². The molecule has 0 aliphatic heterocycles. The molecule has 11 heteroatoms. The Labute approximate surface area is 185 Å². The predicted octanol–water partition coefficient (Wildman–Crippen LogP) is -0.754. The van der Waals surface area contributed by atoms with Gasteiger partial charge in [-0.3, -0.25) is 24.0 Å². The highest BCUT2D eigenvalue weighted by Crippen LogP contribution is 2.07. The SMILES string of the molecule is CC(NC(=O)C(CC(=O)O)NC(=O)C(NC(=O)C(N)Cc1ccccc1)C(C)C)C(=O)O. The summed E-state index contributed by atoms with van der Waals surface area (Å²) >= 11 is 0. The van der Waals surface area contributed by atoms with Crippen molar-refractivity contribution in [3.8, 4) is 0 Å². The lowest BCUT2D eigenvalue weighted by Crippen LogP contribution is -2.58. The standard InChI is InChI=1S/C21H30N4O7/c1-11(2)17(25-18(28)14(22)9-13-7-5-4-6-8-13)20(30)24-15(10-16(26)27)19(29)23-12(3)21(31)32/h4-8,11-12,14-15,17H,9-10,22H2,1-3H3,(H,23,29)(H,24,30)(H,25,28)(H,26,27)(H,31,32). The van der Waals surface area contributed by atoms with Crippen LogP contribution in [0.25, 0.3) is 0 Å². The smallest absolute Gasteiger partial charge is 0.325 e. The van der Waals surface area contributed by atoms with Gasteiger partial charge in [-0.05, 0) is 24.8 Å². The van der Waals surface area contributed by atoms with Gasteiger partial charge in [0.25, 0.3) is 0 Å². The zero-order valence-corrected chi connectivity index (χ0v) is 18.2. The van der Waals surface area contributed by atoms with Gasteiger partial charge in [0.05, 0.1) is 12.5 Å². The average molecular weight is 450 g/mol. The molecule has 1 aromatic rings. The van der Waals surface area contributed by atoms with Crippen LogP contribution < -0.4 is 21.7 Å². The van der Waals surface area contributed by atoms with Gasteiger partial charge < -0.3 is 31.9 Å². The molecule has 0 bridgehead atoms. The summed E-state index contributed by atoms with van der Waals surface area (Å²) in [6, 6.07) is 4.23. The first-order chi connectivity index (χ1) is 14.9. The van der Waals surface area contributed by atoms with E-state index in [-0.39, 0.29) is 6.42 Å². The summed E-state index contributed by atoms with van der Waals surface area (Å²) in [6.07, 6.45) is -0.521. The number of hydrogen-bond donors (Lipinski definition) is 6. The zero-order valence-electron chi connectivity index (χ0n) is 18.2. The van der Waals surface area contributed by atoms with Crippen molar-refractivity contribution >= 4 is 29.7 Å². The molecule has 3 amide bonds. The molecule has 1 aromatic carbocycles. The van der Waals surface area contributed by atoms with Crippen LogP contribution in [0.2, 0.25) is 0 Å². The van der Waals surface area contributed by atoms with Gasteiger partial charge in [0.15, 0.2) is 0 Å². The van der Waals surface area contributed by atoms with Crippen molar-refractivity contribution in [2.45, 2.75) is 57.8 Å². The minimum atomic E-state index is -1.53. The number of amides is 3. The van der Waals surface area contributed by atoms with E-state index in [1.165, 1.54) is 6.92 Å². The molecule has 0 aliphatic carbocycles. The minimum absolute atomic E-state index is 0.246. The van der Waals surface area contributed by atoms with Gasteiger partial charge in [-0.25, -0.2) is 0 Å². The molecule has 32 heavy (non-hydrogen) atoms.